The SMILES string of the molecule is CC(C)(O)CCS(=O)(=O)Cc1ccc(Br)s1. The molecule has 1 N–H and O–H groups in total. The molecule has 92 valence electrons. The van der Waals surface area contributed by atoms with Gasteiger partial charge in [-0.25, -0.2) is 8.42 Å². The minimum atomic E-state index is -3.12. The van der Waals surface area contributed by atoms with E-state index in [2.05, 4.69) is 15.9 Å². The van der Waals surface area contributed by atoms with Crippen LogP contribution >= 0.6 is 27.3 Å². The molecule has 1 rings (SSSR count). The van der Waals surface area contributed by atoms with E-state index in [4.69, 9.17) is 0 Å². The molecule has 0 amide bonds. The van der Waals surface area contributed by atoms with Crippen molar-refractivity contribution >= 4 is 37.1 Å². The molecule has 1 aromatic rings. The molecule has 1 heterocycles. The lowest BCUT2D eigenvalue weighted by Crippen LogP contribution is -2.23. The minimum Gasteiger partial charge on any atom is -0.390 e. The smallest absolute Gasteiger partial charge is 0.155 e. The lowest BCUT2D eigenvalue weighted by atomic mass is 10.1. The molecule has 0 spiro atoms. The quantitative estimate of drug-likeness (QED) is 0.904. The second-order valence-electron chi connectivity index (χ2n) is 4.36. The van der Waals surface area contributed by atoms with Gasteiger partial charge in [-0.2, -0.15) is 0 Å². The van der Waals surface area contributed by atoms with Gasteiger partial charge in [0, 0.05) is 4.88 Å². The summed E-state index contributed by atoms with van der Waals surface area (Å²) in [7, 11) is -3.12. The number of hydrogen-bond acceptors (Lipinski definition) is 4. The van der Waals surface area contributed by atoms with E-state index in [-0.39, 0.29) is 17.9 Å². The molecule has 3 nitrogen and oxygen atoms in total. The van der Waals surface area contributed by atoms with Crippen molar-refractivity contribution in [3.05, 3.63) is 20.8 Å². The van der Waals surface area contributed by atoms with E-state index in [1.807, 2.05) is 6.07 Å². The maximum absolute atomic E-state index is 11.7. The van der Waals surface area contributed by atoms with E-state index in [0.29, 0.717) is 0 Å². The predicted octanol–water partition coefficient (Wildman–Crippen LogP) is 2.59. The Morgan fingerprint density at radius 3 is 2.50 bits per heavy atom. The summed E-state index contributed by atoms with van der Waals surface area (Å²) in [4.78, 5) is 0.822. The fraction of sp³-hybridized carbons (Fsp3) is 0.600. The summed E-state index contributed by atoms with van der Waals surface area (Å²) in [6, 6.07) is 3.64. The molecule has 0 bridgehead atoms. The van der Waals surface area contributed by atoms with E-state index in [1.54, 1.807) is 19.9 Å². The van der Waals surface area contributed by atoms with Crippen molar-refractivity contribution in [2.45, 2.75) is 31.6 Å². The highest BCUT2D eigenvalue weighted by Gasteiger charge is 2.19. The zero-order valence-electron chi connectivity index (χ0n) is 9.23. The molecule has 0 unspecified atom stereocenters. The Kier molecular flexibility index (Phi) is 4.57. The highest BCUT2D eigenvalue weighted by atomic mass is 79.9. The van der Waals surface area contributed by atoms with Crippen molar-refractivity contribution in [3.8, 4) is 0 Å². The van der Waals surface area contributed by atoms with Gasteiger partial charge < -0.3 is 5.11 Å². The first-order valence-corrected chi connectivity index (χ1v) is 8.28. The number of hydrogen-bond donors (Lipinski definition) is 1. The number of aliphatic hydroxyl groups is 1. The van der Waals surface area contributed by atoms with Crippen LogP contribution in [0.3, 0.4) is 0 Å². The van der Waals surface area contributed by atoms with Crippen LogP contribution in [0.1, 0.15) is 25.1 Å². The van der Waals surface area contributed by atoms with E-state index in [9.17, 15) is 13.5 Å². The fourth-order valence-corrected chi connectivity index (χ4v) is 4.66. The summed E-state index contributed by atoms with van der Waals surface area (Å²) in [5.41, 5.74) is -0.927. The molecule has 0 atom stereocenters. The maximum Gasteiger partial charge on any atom is 0.155 e. The zero-order valence-corrected chi connectivity index (χ0v) is 12.5. The second-order valence-corrected chi connectivity index (χ2v) is 9.09. The van der Waals surface area contributed by atoms with Crippen molar-refractivity contribution in [2.24, 2.45) is 0 Å². The van der Waals surface area contributed by atoms with Crippen molar-refractivity contribution in [1.82, 2.24) is 0 Å². The molecule has 16 heavy (non-hydrogen) atoms. The molecule has 0 aliphatic heterocycles. The first kappa shape index (κ1) is 14.2. The van der Waals surface area contributed by atoms with Gasteiger partial charge in [0.1, 0.15) is 0 Å². The average Bonchev–Trinajstić information content (AvgIpc) is 2.46. The third kappa shape index (κ3) is 5.43. The van der Waals surface area contributed by atoms with Crippen LogP contribution in [0, 0.1) is 0 Å². The zero-order chi connectivity index (χ0) is 12.4. The molecule has 0 saturated carbocycles. The Bertz CT molecular complexity index is 443. The Morgan fingerprint density at radius 2 is 2.06 bits per heavy atom. The van der Waals surface area contributed by atoms with Crippen molar-refractivity contribution in [1.29, 1.82) is 0 Å². The van der Waals surface area contributed by atoms with Crippen molar-refractivity contribution in [3.63, 3.8) is 0 Å². The van der Waals surface area contributed by atoms with Crippen LogP contribution in [0.5, 0.6) is 0 Å². The Labute approximate surface area is 109 Å². The van der Waals surface area contributed by atoms with Crippen LogP contribution in [0.25, 0.3) is 0 Å². The normalized spacial score (nSPS) is 13.0. The molecule has 0 aromatic carbocycles. The van der Waals surface area contributed by atoms with Gasteiger partial charge in [-0.3, -0.25) is 0 Å². The van der Waals surface area contributed by atoms with Crippen LogP contribution in [-0.4, -0.2) is 24.9 Å². The van der Waals surface area contributed by atoms with Gasteiger partial charge in [0.25, 0.3) is 0 Å². The summed E-state index contributed by atoms with van der Waals surface area (Å²) in [6.45, 7) is 3.23. The molecule has 0 saturated heterocycles. The average molecular weight is 327 g/mol. The van der Waals surface area contributed by atoms with E-state index >= 15 is 0 Å². The van der Waals surface area contributed by atoms with Crippen LogP contribution in [0.15, 0.2) is 15.9 Å². The summed E-state index contributed by atoms with van der Waals surface area (Å²) < 4.78 is 24.4. The molecule has 0 aliphatic rings. The highest BCUT2D eigenvalue weighted by molar-refractivity contribution is 9.11. The van der Waals surface area contributed by atoms with E-state index in [1.165, 1.54) is 11.3 Å². The largest absolute Gasteiger partial charge is 0.390 e. The van der Waals surface area contributed by atoms with Gasteiger partial charge in [-0.05, 0) is 48.3 Å². The maximum atomic E-state index is 11.7. The number of sulfone groups is 1. The van der Waals surface area contributed by atoms with Crippen LogP contribution < -0.4 is 0 Å². The summed E-state index contributed by atoms with van der Waals surface area (Å²) in [5, 5.41) is 9.48. The highest BCUT2D eigenvalue weighted by Crippen LogP contribution is 2.24. The van der Waals surface area contributed by atoms with Gasteiger partial charge in [-0.1, -0.05) is 0 Å². The van der Waals surface area contributed by atoms with Gasteiger partial charge in [0.15, 0.2) is 9.84 Å². The number of halogens is 1. The van der Waals surface area contributed by atoms with Gasteiger partial charge in [0.05, 0.1) is 20.9 Å². The van der Waals surface area contributed by atoms with Crippen LogP contribution in [-0.2, 0) is 15.6 Å². The molecule has 0 aliphatic carbocycles. The third-order valence-electron chi connectivity index (χ3n) is 2.02. The fourth-order valence-electron chi connectivity index (χ4n) is 1.12. The summed E-state index contributed by atoms with van der Waals surface area (Å²) in [5.74, 6) is 0.0748. The van der Waals surface area contributed by atoms with E-state index < -0.39 is 15.4 Å². The Morgan fingerprint density at radius 1 is 1.44 bits per heavy atom. The summed E-state index contributed by atoms with van der Waals surface area (Å²) >= 11 is 4.72. The molecule has 6 heteroatoms. The lowest BCUT2D eigenvalue weighted by Gasteiger charge is -2.16. The van der Waals surface area contributed by atoms with Crippen LogP contribution in [0.2, 0.25) is 0 Å². The number of rotatable bonds is 5. The topological polar surface area (TPSA) is 54.4 Å². The molecule has 0 fully saturated rings. The number of thiophene rings is 1. The third-order valence-corrected chi connectivity index (χ3v) is 5.40. The summed E-state index contributed by atoms with van der Waals surface area (Å²) in [6.07, 6.45) is 0.266. The Hall–Kier alpha value is 0.0900. The Balaban J connectivity index is 2.59. The monoisotopic (exact) mass is 326 g/mol. The first-order chi connectivity index (χ1) is 7.18. The molecular formula is C10H15BrO3S2. The predicted molar refractivity (Wildman–Crippen MR) is 70.4 cm³/mol. The minimum absolute atomic E-state index is 0.0199. The van der Waals surface area contributed by atoms with Gasteiger partial charge >= 0.3 is 0 Å². The van der Waals surface area contributed by atoms with Gasteiger partial charge in [0.2, 0.25) is 0 Å². The standard InChI is InChI=1S/C10H15BrO3S2/c1-10(2,12)5-6-16(13,14)7-8-3-4-9(11)15-8/h3-4,12H,5-7H2,1-2H3. The van der Waals surface area contributed by atoms with E-state index in [0.717, 1.165) is 8.66 Å². The van der Waals surface area contributed by atoms with Crippen molar-refractivity contribution < 1.29 is 13.5 Å². The molecule has 1 aromatic heterocycles. The van der Waals surface area contributed by atoms with Gasteiger partial charge in [-0.15, -0.1) is 11.3 Å². The molecule has 0 radical (unpaired) electrons. The van der Waals surface area contributed by atoms with Crippen LogP contribution in [0.4, 0.5) is 0 Å². The second kappa shape index (κ2) is 5.16. The van der Waals surface area contributed by atoms with Crippen molar-refractivity contribution in [2.75, 3.05) is 5.75 Å². The first-order valence-electron chi connectivity index (χ1n) is 4.85. The lowest BCUT2D eigenvalue weighted by molar-refractivity contribution is 0.0772. The molecular weight excluding hydrogens is 312 g/mol.